The van der Waals surface area contributed by atoms with E-state index in [1.54, 1.807) is 0 Å². The van der Waals surface area contributed by atoms with Crippen molar-refractivity contribution in [1.82, 2.24) is 0 Å². The molecule has 2 aliphatic rings. The lowest BCUT2D eigenvalue weighted by molar-refractivity contribution is -0.120. The van der Waals surface area contributed by atoms with Crippen LogP contribution < -0.4 is 0 Å². The summed E-state index contributed by atoms with van der Waals surface area (Å²) in [5, 5.41) is 9.99. The Kier molecular flexibility index (Phi) is 7.49. The molecule has 0 saturated carbocycles. The second-order valence-electron chi connectivity index (χ2n) is 8.63. The number of carbonyl (C=O) groups excluding carboxylic acids is 1. The van der Waals surface area contributed by atoms with Crippen molar-refractivity contribution in [1.29, 1.82) is 0 Å². The third kappa shape index (κ3) is 5.20. The molecular formula is C24H36O3. The van der Waals surface area contributed by atoms with Crippen LogP contribution in [0, 0.1) is 11.8 Å². The Morgan fingerprint density at radius 3 is 2.44 bits per heavy atom. The van der Waals surface area contributed by atoms with Crippen molar-refractivity contribution in [2.45, 2.75) is 95.9 Å². The van der Waals surface area contributed by atoms with Crippen LogP contribution in [0.2, 0.25) is 0 Å². The summed E-state index contributed by atoms with van der Waals surface area (Å²) in [6.45, 7) is 4.15. The SMILES string of the molecule is CCC[C@H](O)CCC[C@@H]1[C@H](CCC(=O)C(C)c2ccccc2)C2CC[C@H]1O2. The molecule has 6 atom stereocenters. The van der Waals surface area contributed by atoms with Gasteiger partial charge in [0.1, 0.15) is 5.78 Å². The highest BCUT2D eigenvalue weighted by Crippen LogP contribution is 2.47. The average molecular weight is 373 g/mol. The van der Waals surface area contributed by atoms with Crippen LogP contribution in [-0.2, 0) is 9.53 Å². The third-order valence-corrected chi connectivity index (χ3v) is 6.79. The second kappa shape index (κ2) is 9.84. The van der Waals surface area contributed by atoms with Crippen LogP contribution >= 0.6 is 0 Å². The summed E-state index contributed by atoms with van der Waals surface area (Å²) in [7, 11) is 0. The summed E-state index contributed by atoms with van der Waals surface area (Å²) < 4.78 is 6.21. The fourth-order valence-corrected chi connectivity index (χ4v) is 5.19. The molecule has 1 aromatic carbocycles. The van der Waals surface area contributed by atoms with E-state index in [9.17, 15) is 9.90 Å². The predicted octanol–water partition coefficient (Wildman–Crippen LogP) is 5.26. The Bertz CT molecular complexity index is 585. The second-order valence-corrected chi connectivity index (χ2v) is 8.63. The number of fused-ring (bicyclic) bond motifs is 2. The number of aliphatic hydroxyl groups excluding tert-OH is 1. The Morgan fingerprint density at radius 2 is 1.78 bits per heavy atom. The maximum atomic E-state index is 12.7. The summed E-state index contributed by atoms with van der Waals surface area (Å²) in [6.07, 6.45) is 9.61. The van der Waals surface area contributed by atoms with Crippen LogP contribution in [0.5, 0.6) is 0 Å². The number of rotatable bonds is 11. The minimum absolute atomic E-state index is 0.0200. The van der Waals surface area contributed by atoms with Crippen molar-refractivity contribution in [3.8, 4) is 0 Å². The smallest absolute Gasteiger partial charge is 0.140 e. The fourth-order valence-electron chi connectivity index (χ4n) is 5.19. The Morgan fingerprint density at radius 1 is 1.11 bits per heavy atom. The number of aliphatic hydroxyl groups is 1. The van der Waals surface area contributed by atoms with Crippen molar-refractivity contribution in [3.63, 3.8) is 0 Å². The lowest BCUT2D eigenvalue weighted by Crippen LogP contribution is -2.28. The highest BCUT2D eigenvalue weighted by molar-refractivity contribution is 5.85. The molecule has 0 radical (unpaired) electrons. The molecule has 2 heterocycles. The predicted molar refractivity (Wildman–Crippen MR) is 109 cm³/mol. The van der Waals surface area contributed by atoms with Gasteiger partial charge in [-0.3, -0.25) is 4.79 Å². The zero-order valence-electron chi connectivity index (χ0n) is 17.0. The van der Waals surface area contributed by atoms with Crippen molar-refractivity contribution >= 4 is 5.78 Å². The lowest BCUT2D eigenvalue weighted by atomic mass is 9.74. The van der Waals surface area contributed by atoms with E-state index in [-0.39, 0.29) is 12.0 Å². The molecular weight excluding hydrogens is 336 g/mol. The van der Waals surface area contributed by atoms with Crippen molar-refractivity contribution < 1.29 is 14.6 Å². The maximum Gasteiger partial charge on any atom is 0.140 e. The van der Waals surface area contributed by atoms with E-state index >= 15 is 0 Å². The fraction of sp³-hybridized carbons (Fsp3) is 0.708. The normalized spacial score (nSPS) is 29.0. The summed E-state index contributed by atoms with van der Waals surface area (Å²) in [5.74, 6) is 1.44. The lowest BCUT2D eigenvalue weighted by Gasteiger charge is -2.28. The molecule has 0 aliphatic carbocycles. The molecule has 0 amide bonds. The molecule has 0 spiro atoms. The standard InChI is InChI=1S/C24H36O3/c1-3-8-19(25)11-7-12-20-21(24-16-15-23(20)27-24)13-14-22(26)17(2)18-9-5-4-6-10-18/h4-6,9-10,17,19-21,23-25H,3,7-8,11-16H2,1-2H3/t17?,19-,20+,21-,23+,24?/m0/s1. The first kappa shape index (κ1) is 20.5. The first-order valence-electron chi connectivity index (χ1n) is 11.0. The molecule has 1 N–H and O–H groups in total. The molecule has 3 heteroatoms. The van der Waals surface area contributed by atoms with Gasteiger partial charge in [-0.25, -0.2) is 0 Å². The number of benzene rings is 1. The highest BCUT2D eigenvalue weighted by Gasteiger charge is 2.48. The first-order valence-corrected chi connectivity index (χ1v) is 11.0. The average Bonchev–Trinajstić information content (AvgIpc) is 3.28. The van der Waals surface area contributed by atoms with Gasteiger partial charge in [-0.15, -0.1) is 0 Å². The van der Waals surface area contributed by atoms with E-state index in [4.69, 9.17) is 4.74 Å². The Hall–Kier alpha value is -1.19. The quantitative estimate of drug-likeness (QED) is 0.576. The minimum atomic E-state index is -0.152. The summed E-state index contributed by atoms with van der Waals surface area (Å²) in [5.41, 5.74) is 1.12. The van der Waals surface area contributed by atoms with Crippen molar-refractivity contribution in [2.24, 2.45) is 11.8 Å². The number of carbonyl (C=O) groups is 1. The third-order valence-electron chi connectivity index (χ3n) is 6.79. The molecule has 150 valence electrons. The molecule has 2 saturated heterocycles. The zero-order chi connectivity index (χ0) is 19.2. The molecule has 2 aliphatic heterocycles. The van der Waals surface area contributed by atoms with Crippen molar-refractivity contribution in [2.75, 3.05) is 0 Å². The largest absolute Gasteiger partial charge is 0.393 e. The van der Waals surface area contributed by atoms with Crippen LogP contribution in [0.25, 0.3) is 0 Å². The van der Waals surface area contributed by atoms with Gasteiger partial charge in [0.05, 0.1) is 18.3 Å². The Labute approximate surface area is 164 Å². The van der Waals surface area contributed by atoms with Crippen LogP contribution in [0.15, 0.2) is 30.3 Å². The van der Waals surface area contributed by atoms with Gasteiger partial charge in [-0.2, -0.15) is 0 Å². The molecule has 2 bridgehead atoms. The van der Waals surface area contributed by atoms with E-state index in [1.807, 2.05) is 37.3 Å². The highest BCUT2D eigenvalue weighted by atomic mass is 16.5. The molecule has 3 rings (SSSR count). The minimum Gasteiger partial charge on any atom is -0.393 e. The van der Waals surface area contributed by atoms with Gasteiger partial charge in [0.15, 0.2) is 0 Å². The van der Waals surface area contributed by atoms with Gasteiger partial charge < -0.3 is 9.84 Å². The van der Waals surface area contributed by atoms with E-state index in [0.717, 1.165) is 50.5 Å². The van der Waals surface area contributed by atoms with Crippen LogP contribution in [-0.4, -0.2) is 29.2 Å². The molecule has 2 fully saturated rings. The molecule has 0 aromatic heterocycles. The van der Waals surface area contributed by atoms with E-state index < -0.39 is 0 Å². The number of Topliss-reactive ketones (excluding diaryl/α,β-unsaturated/α-hetero) is 1. The van der Waals surface area contributed by atoms with E-state index in [2.05, 4.69) is 6.92 Å². The van der Waals surface area contributed by atoms with Crippen LogP contribution in [0.3, 0.4) is 0 Å². The summed E-state index contributed by atoms with van der Waals surface area (Å²) in [4.78, 5) is 12.7. The topological polar surface area (TPSA) is 46.5 Å². The van der Waals surface area contributed by atoms with Gasteiger partial charge in [0, 0.05) is 12.3 Å². The number of hydrogen-bond donors (Lipinski definition) is 1. The maximum absolute atomic E-state index is 12.7. The molecule has 2 unspecified atom stereocenters. The van der Waals surface area contributed by atoms with Gasteiger partial charge in [-0.05, 0) is 55.9 Å². The van der Waals surface area contributed by atoms with Crippen LogP contribution in [0.4, 0.5) is 0 Å². The molecule has 27 heavy (non-hydrogen) atoms. The number of hydrogen-bond acceptors (Lipinski definition) is 3. The summed E-state index contributed by atoms with van der Waals surface area (Å²) >= 11 is 0. The summed E-state index contributed by atoms with van der Waals surface area (Å²) in [6, 6.07) is 10.1. The van der Waals surface area contributed by atoms with Gasteiger partial charge in [0.25, 0.3) is 0 Å². The monoisotopic (exact) mass is 372 g/mol. The van der Waals surface area contributed by atoms with Gasteiger partial charge in [-0.1, -0.05) is 57.0 Å². The zero-order valence-corrected chi connectivity index (χ0v) is 17.0. The number of ketones is 1. The van der Waals surface area contributed by atoms with E-state index in [1.165, 1.54) is 6.42 Å². The van der Waals surface area contributed by atoms with Crippen molar-refractivity contribution in [3.05, 3.63) is 35.9 Å². The first-order chi connectivity index (χ1) is 13.1. The van der Waals surface area contributed by atoms with Gasteiger partial charge in [0.2, 0.25) is 0 Å². The van der Waals surface area contributed by atoms with Crippen LogP contribution in [0.1, 0.15) is 83.1 Å². The molecule has 1 aromatic rings. The molecule has 3 nitrogen and oxygen atoms in total. The Balaban J connectivity index is 1.49. The number of ether oxygens (including phenoxy) is 1. The van der Waals surface area contributed by atoms with E-state index in [0.29, 0.717) is 36.2 Å². The van der Waals surface area contributed by atoms with Gasteiger partial charge >= 0.3 is 0 Å².